The molecule has 4 rings (SSSR count). The highest BCUT2D eigenvalue weighted by Gasteiger charge is 2.31. The van der Waals surface area contributed by atoms with Gasteiger partial charge in [0.2, 0.25) is 0 Å². The van der Waals surface area contributed by atoms with Gasteiger partial charge in [-0.2, -0.15) is 25.6 Å². The molecule has 2 aromatic rings. The Morgan fingerprint density at radius 3 is 2.36 bits per heavy atom. The lowest BCUT2D eigenvalue weighted by Crippen LogP contribution is -2.21. The van der Waals surface area contributed by atoms with Crippen molar-refractivity contribution >= 4 is 37.0 Å². The Bertz CT molecular complexity index is 1300. The molecule has 7 nitrogen and oxygen atoms in total. The minimum absolute atomic E-state index is 0.0439. The number of hydrogen-bond acceptors (Lipinski definition) is 5. The van der Waals surface area contributed by atoms with Gasteiger partial charge >= 0.3 is 0 Å². The van der Waals surface area contributed by atoms with Crippen molar-refractivity contribution in [2.24, 2.45) is 8.80 Å². The first-order valence-electron chi connectivity index (χ1n) is 8.14. The maximum absolute atomic E-state index is 12.6. The van der Waals surface area contributed by atoms with E-state index < -0.39 is 20.0 Å². The van der Waals surface area contributed by atoms with E-state index in [0.29, 0.717) is 11.1 Å². The molecule has 142 valence electrons. The summed E-state index contributed by atoms with van der Waals surface area (Å²) in [6.07, 6.45) is 2.85. The second kappa shape index (κ2) is 6.54. The van der Waals surface area contributed by atoms with Gasteiger partial charge in [-0.1, -0.05) is 36.4 Å². The molecule has 0 N–H and O–H groups in total. The van der Waals surface area contributed by atoms with E-state index in [1.165, 1.54) is 37.5 Å². The minimum Gasteiger partial charge on any atom is -0.494 e. The first-order chi connectivity index (χ1) is 13.3. The second-order valence-electron chi connectivity index (χ2n) is 5.98. The first kappa shape index (κ1) is 18.3. The minimum atomic E-state index is -3.98. The summed E-state index contributed by atoms with van der Waals surface area (Å²) in [6, 6.07) is 14.2. The smallest absolute Gasteiger partial charge is 0.283 e. The van der Waals surface area contributed by atoms with Crippen LogP contribution in [0.1, 0.15) is 5.56 Å². The molecule has 1 aliphatic carbocycles. The summed E-state index contributed by atoms with van der Waals surface area (Å²) in [5, 5.41) is 0. The van der Waals surface area contributed by atoms with Crippen molar-refractivity contribution in [2.75, 3.05) is 7.11 Å². The standard InChI is InChI=1S/C19H14N2O5S2/c1-26-18-12-16-15(14-9-5-6-10-19(14)28(24,25)20-16)11-17(18)21-27(22,23)13-7-3-2-4-8-13/h2-12H,1H3/b21-17+. The fourth-order valence-electron chi connectivity index (χ4n) is 2.95. The van der Waals surface area contributed by atoms with Gasteiger partial charge in [-0.25, -0.2) is 0 Å². The summed E-state index contributed by atoms with van der Waals surface area (Å²) in [7, 11) is -6.48. The summed E-state index contributed by atoms with van der Waals surface area (Å²) in [5.74, 6) is 0.108. The predicted molar refractivity (Wildman–Crippen MR) is 105 cm³/mol. The van der Waals surface area contributed by atoms with Crippen molar-refractivity contribution in [3.8, 4) is 0 Å². The van der Waals surface area contributed by atoms with Crippen molar-refractivity contribution in [2.45, 2.75) is 9.79 Å². The van der Waals surface area contributed by atoms with Gasteiger partial charge in [-0.05, 0) is 24.3 Å². The molecule has 0 amide bonds. The molecule has 0 saturated heterocycles. The molecule has 0 saturated carbocycles. The van der Waals surface area contributed by atoms with E-state index in [1.807, 2.05) is 0 Å². The third-order valence-electron chi connectivity index (χ3n) is 4.23. The van der Waals surface area contributed by atoms with Crippen LogP contribution in [0, 0.1) is 0 Å². The maximum Gasteiger partial charge on any atom is 0.283 e. The zero-order valence-electron chi connectivity index (χ0n) is 14.6. The molecule has 28 heavy (non-hydrogen) atoms. The fourth-order valence-corrected chi connectivity index (χ4v) is 5.17. The molecule has 0 radical (unpaired) electrons. The molecule has 9 heteroatoms. The molecule has 1 aliphatic heterocycles. The maximum atomic E-state index is 12.6. The number of benzene rings is 2. The van der Waals surface area contributed by atoms with Crippen LogP contribution in [0.2, 0.25) is 0 Å². The van der Waals surface area contributed by atoms with Crippen LogP contribution in [0.15, 0.2) is 91.1 Å². The summed E-state index contributed by atoms with van der Waals surface area (Å²) in [5.41, 5.74) is 1.14. The Balaban J connectivity index is 1.92. The van der Waals surface area contributed by atoms with E-state index >= 15 is 0 Å². The van der Waals surface area contributed by atoms with E-state index in [-0.39, 0.29) is 27.0 Å². The number of rotatable bonds is 3. The Morgan fingerprint density at radius 1 is 0.964 bits per heavy atom. The molecule has 0 atom stereocenters. The van der Waals surface area contributed by atoms with Crippen LogP contribution in [0.25, 0.3) is 5.57 Å². The van der Waals surface area contributed by atoms with Crippen LogP contribution < -0.4 is 0 Å². The van der Waals surface area contributed by atoms with Crippen molar-refractivity contribution in [3.63, 3.8) is 0 Å². The summed E-state index contributed by atoms with van der Waals surface area (Å²) in [4.78, 5) is 0.104. The molecule has 2 aliphatic rings. The van der Waals surface area contributed by atoms with Crippen molar-refractivity contribution in [1.82, 2.24) is 0 Å². The van der Waals surface area contributed by atoms with Crippen LogP contribution in [-0.4, -0.2) is 35.4 Å². The number of sulfonamides is 2. The van der Waals surface area contributed by atoms with E-state index in [2.05, 4.69) is 8.80 Å². The predicted octanol–water partition coefficient (Wildman–Crippen LogP) is 2.59. The SMILES string of the molecule is COC1=CC2=NS(=O)(=O)c3ccccc3C2=C/C1=N\S(=O)(=O)c1ccccc1. The van der Waals surface area contributed by atoms with Gasteiger partial charge in [0, 0.05) is 17.2 Å². The summed E-state index contributed by atoms with van der Waals surface area (Å²) in [6.45, 7) is 0. The van der Waals surface area contributed by atoms with Crippen LogP contribution >= 0.6 is 0 Å². The molecule has 0 aromatic heterocycles. The lowest BCUT2D eigenvalue weighted by Gasteiger charge is -2.22. The first-order valence-corrected chi connectivity index (χ1v) is 11.0. The van der Waals surface area contributed by atoms with Crippen LogP contribution in [-0.2, 0) is 24.8 Å². The topological polar surface area (TPSA) is 102 Å². The van der Waals surface area contributed by atoms with E-state index in [1.54, 1.807) is 36.4 Å². The van der Waals surface area contributed by atoms with E-state index in [9.17, 15) is 16.8 Å². The Morgan fingerprint density at radius 2 is 1.64 bits per heavy atom. The molecule has 1 heterocycles. The number of methoxy groups -OCH3 is 1. The average molecular weight is 414 g/mol. The highest BCUT2D eigenvalue weighted by Crippen LogP contribution is 2.34. The molecule has 0 spiro atoms. The number of hydrogen-bond donors (Lipinski definition) is 0. The molecular formula is C19H14N2O5S2. The lowest BCUT2D eigenvalue weighted by molar-refractivity contribution is 0.316. The number of ether oxygens (including phenoxy) is 1. The third kappa shape index (κ3) is 3.08. The normalized spacial score (nSPS) is 19.0. The van der Waals surface area contributed by atoms with Gasteiger partial charge in [-0.3, -0.25) is 0 Å². The van der Waals surface area contributed by atoms with Crippen LogP contribution in [0.4, 0.5) is 0 Å². The molecule has 0 bridgehead atoms. The zero-order valence-corrected chi connectivity index (χ0v) is 16.2. The zero-order chi connectivity index (χ0) is 19.9. The van der Waals surface area contributed by atoms with Crippen LogP contribution in [0.3, 0.4) is 0 Å². The van der Waals surface area contributed by atoms with E-state index in [4.69, 9.17) is 4.74 Å². The van der Waals surface area contributed by atoms with Gasteiger partial charge in [0.05, 0.1) is 22.6 Å². The van der Waals surface area contributed by atoms with Crippen molar-refractivity contribution in [1.29, 1.82) is 0 Å². The van der Waals surface area contributed by atoms with Gasteiger partial charge < -0.3 is 4.74 Å². The van der Waals surface area contributed by atoms with Gasteiger partial charge in [0.1, 0.15) is 11.5 Å². The van der Waals surface area contributed by atoms with Gasteiger partial charge in [0.15, 0.2) is 0 Å². The number of nitrogens with zero attached hydrogens (tertiary/aromatic N) is 2. The molecule has 0 unspecified atom stereocenters. The molecule has 2 aromatic carbocycles. The highest BCUT2D eigenvalue weighted by molar-refractivity contribution is 7.90. The van der Waals surface area contributed by atoms with Crippen molar-refractivity contribution < 1.29 is 21.6 Å². The van der Waals surface area contributed by atoms with Gasteiger partial charge in [-0.15, -0.1) is 0 Å². The van der Waals surface area contributed by atoms with Crippen molar-refractivity contribution in [3.05, 3.63) is 78.1 Å². The monoisotopic (exact) mass is 414 g/mol. The number of fused-ring (bicyclic) bond motifs is 3. The van der Waals surface area contributed by atoms with E-state index in [0.717, 1.165) is 0 Å². The lowest BCUT2D eigenvalue weighted by atomic mass is 9.94. The second-order valence-corrected chi connectivity index (χ2v) is 9.16. The fraction of sp³-hybridized carbons (Fsp3) is 0.0526. The Labute approximate surface area is 162 Å². The number of allylic oxidation sites excluding steroid dienone is 3. The summed E-state index contributed by atoms with van der Waals surface area (Å²) < 4.78 is 63.1. The van der Waals surface area contributed by atoms with Crippen LogP contribution in [0.5, 0.6) is 0 Å². The molecule has 0 fully saturated rings. The summed E-state index contributed by atoms with van der Waals surface area (Å²) >= 11 is 0. The Kier molecular flexibility index (Phi) is 4.28. The average Bonchev–Trinajstić information content (AvgIpc) is 2.68. The third-order valence-corrected chi connectivity index (χ3v) is 6.88. The quantitative estimate of drug-likeness (QED) is 0.719. The van der Waals surface area contributed by atoms with Gasteiger partial charge in [0.25, 0.3) is 20.0 Å². The largest absolute Gasteiger partial charge is 0.494 e. The Hall–Kier alpha value is -3.04. The highest BCUT2D eigenvalue weighted by atomic mass is 32.2. The molecular weight excluding hydrogens is 400 g/mol.